The van der Waals surface area contributed by atoms with Crippen molar-refractivity contribution in [2.45, 2.75) is 56.6 Å². The number of carbonyl (C=O) groups excluding carboxylic acids is 1. The number of hydrogen-bond donors (Lipinski definition) is 1. The average Bonchev–Trinajstić information content (AvgIpc) is 2.59. The standard InChI is InChI=1S/C16H22N4O2S/c1-3-13-12(9-17)15(22)19-16(18-13)23-10-14(21)20(2)11-7-5-4-6-8-11/h11H,3-8,10H2,1-2H3,(H,18,19,22). The number of hydrogen-bond acceptors (Lipinski definition) is 5. The number of nitrogens with one attached hydrogen (secondary N) is 1. The van der Waals surface area contributed by atoms with Crippen molar-refractivity contribution in [2.75, 3.05) is 12.8 Å². The summed E-state index contributed by atoms with van der Waals surface area (Å²) in [4.78, 5) is 32.8. The summed E-state index contributed by atoms with van der Waals surface area (Å²) in [5, 5.41) is 9.38. The fourth-order valence-corrected chi connectivity index (χ4v) is 3.64. The van der Waals surface area contributed by atoms with Gasteiger partial charge in [0.15, 0.2) is 5.16 Å². The molecule has 1 amide bonds. The van der Waals surface area contributed by atoms with Gasteiger partial charge in [0.2, 0.25) is 5.91 Å². The van der Waals surface area contributed by atoms with E-state index in [1.807, 2.05) is 24.9 Å². The Bertz CT molecular complexity index is 659. The van der Waals surface area contributed by atoms with Crippen molar-refractivity contribution >= 4 is 17.7 Å². The third-order valence-corrected chi connectivity index (χ3v) is 5.13. The van der Waals surface area contributed by atoms with E-state index in [9.17, 15) is 9.59 Å². The quantitative estimate of drug-likeness (QED) is 0.658. The highest BCUT2D eigenvalue weighted by Crippen LogP contribution is 2.23. The molecular weight excluding hydrogens is 312 g/mol. The lowest BCUT2D eigenvalue weighted by atomic mass is 9.94. The number of aromatic amines is 1. The van der Waals surface area contributed by atoms with Crippen LogP contribution in [0.2, 0.25) is 0 Å². The van der Waals surface area contributed by atoms with Crippen LogP contribution in [0.5, 0.6) is 0 Å². The Morgan fingerprint density at radius 3 is 2.74 bits per heavy atom. The number of amides is 1. The summed E-state index contributed by atoms with van der Waals surface area (Å²) in [5.41, 5.74) is 0.101. The summed E-state index contributed by atoms with van der Waals surface area (Å²) < 4.78 is 0. The van der Waals surface area contributed by atoms with Gasteiger partial charge in [0.1, 0.15) is 11.6 Å². The van der Waals surface area contributed by atoms with Gasteiger partial charge in [-0.1, -0.05) is 37.9 Å². The largest absolute Gasteiger partial charge is 0.342 e. The lowest BCUT2D eigenvalue weighted by molar-refractivity contribution is -0.129. The van der Waals surface area contributed by atoms with E-state index in [1.54, 1.807) is 0 Å². The Morgan fingerprint density at radius 2 is 2.13 bits per heavy atom. The first-order valence-electron chi connectivity index (χ1n) is 7.98. The van der Waals surface area contributed by atoms with E-state index in [0.29, 0.717) is 23.3 Å². The molecular formula is C16H22N4O2S. The fourth-order valence-electron chi connectivity index (χ4n) is 2.84. The number of aromatic nitrogens is 2. The Labute approximate surface area is 140 Å². The maximum absolute atomic E-state index is 12.3. The minimum absolute atomic E-state index is 0.0481. The summed E-state index contributed by atoms with van der Waals surface area (Å²) in [6, 6.07) is 2.21. The zero-order valence-corrected chi connectivity index (χ0v) is 14.4. The topological polar surface area (TPSA) is 89.8 Å². The van der Waals surface area contributed by atoms with Crippen LogP contribution >= 0.6 is 11.8 Å². The van der Waals surface area contributed by atoms with Crippen LogP contribution in [0.4, 0.5) is 0 Å². The molecule has 6 nitrogen and oxygen atoms in total. The number of nitriles is 1. The third-order valence-electron chi connectivity index (χ3n) is 4.27. The van der Waals surface area contributed by atoms with E-state index in [1.165, 1.54) is 31.0 Å². The minimum atomic E-state index is -0.435. The normalized spacial score (nSPS) is 15.2. The number of thioether (sulfide) groups is 1. The monoisotopic (exact) mass is 334 g/mol. The van der Waals surface area contributed by atoms with Gasteiger partial charge in [-0.05, 0) is 19.3 Å². The van der Waals surface area contributed by atoms with Crippen LogP contribution in [-0.2, 0) is 11.2 Å². The predicted molar refractivity (Wildman–Crippen MR) is 89.3 cm³/mol. The number of rotatable bonds is 5. The van der Waals surface area contributed by atoms with Crippen molar-refractivity contribution in [1.82, 2.24) is 14.9 Å². The SMILES string of the molecule is CCc1nc(SCC(=O)N(C)C2CCCCC2)[nH]c(=O)c1C#N. The predicted octanol–water partition coefficient (Wildman–Crippen LogP) is 2.09. The first-order valence-corrected chi connectivity index (χ1v) is 8.97. The van der Waals surface area contributed by atoms with Crippen molar-refractivity contribution in [2.24, 2.45) is 0 Å². The van der Waals surface area contributed by atoms with Gasteiger partial charge in [0, 0.05) is 13.1 Å². The molecule has 0 saturated heterocycles. The number of H-pyrrole nitrogens is 1. The summed E-state index contributed by atoms with van der Waals surface area (Å²) in [6.45, 7) is 1.85. The second-order valence-corrected chi connectivity index (χ2v) is 6.71. The minimum Gasteiger partial charge on any atom is -0.342 e. The summed E-state index contributed by atoms with van der Waals surface area (Å²) >= 11 is 1.22. The second-order valence-electron chi connectivity index (χ2n) is 5.74. The van der Waals surface area contributed by atoms with Gasteiger partial charge in [-0.3, -0.25) is 9.59 Å². The summed E-state index contributed by atoms with van der Waals surface area (Å²) in [7, 11) is 1.85. The molecule has 1 fully saturated rings. The van der Waals surface area contributed by atoms with Crippen LogP contribution in [0.15, 0.2) is 9.95 Å². The highest BCUT2D eigenvalue weighted by atomic mass is 32.2. The molecule has 124 valence electrons. The second kappa shape index (κ2) is 8.16. The van der Waals surface area contributed by atoms with Crippen LogP contribution in [-0.4, -0.2) is 39.6 Å². The van der Waals surface area contributed by atoms with Gasteiger partial charge in [-0.15, -0.1) is 0 Å². The third kappa shape index (κ3) is 4.35. The molecule has 0 radical (unpaired) electrons. The molecule has 1 aliphatic carbocycles. The summed E-state index contributed by atoms with van der Waals surface area (Å²) in [5.74, 6) is 0.289. The molecule has 1 saturated carbocycles. The fraction of sp³-hybridized carbons (Fsp3) is 0.625. The average molecular weight is 334 g/mol. The molecule has 2 rings (SSSR count). The number of aryl methyl sites for hydroxylation is 1. The van der Waals surface area contributed by atoms with Crippen LogP contribution in [0.25, 0.3) is 0 Å². The molecule has 1 N–H and O–H groups in total. The van der Waals surface area contributed by atoms with Gasteiger partial charge in [0.25, 0.3) is 5.56 Å². The van der Waals surface area contributed by atoms with E-state index >= 15 is 0 Å². The molecule has 1 aliphatic rings. The maximum atomic E-state index is 12.3. The van der Waals surface area contributed by atoms with E-state index in [4.69, 9.17) is 5.26 Å². The van der Waals surface area contributed by atoms with Crippen molar-refractivity contribution in [3.63, 3.8) is 0 Å². The molecule has 1 heterocycles. The first-order chi connectivity index (χ1) is 11.1. The maximum Gasteiger partial charge on any atom is 0.269 e. The highest BCUT2D eigenvalue weighted by Gasteiger charge is 2.22. The van der Waals surface area contributed by atoms with E-state index in [2.05, 4.69) is 9.97 Å². The van der Waals surface area contributed by atoms with Gasteiger partial charge in [0.05, 0.1) is 11.4 Å². The van der Waals surface area contributed by atoms with Crippen LogP contribution in [0.3, 0.4) is 0 Å². The van der Waals surface area contributed by atoms with Crippen LogP contribution in [0.1, 0.15) is 50.3 Å². The smallest absolute Gasteiger partial charge is 0.269 e. The lowest BCUT2D eigenvalue weighted by Gasteiger charge is -2.31. The van der Waals surface area contributed by atoms with Crippen molar-refractivity contribution in [3.8, 4) is 6.07 Å². The summed E-state index contributed by atoms with van der Waals surface area (Å²) in [6.07, 6.45) is 6.26. The van der Waals surface area contributed by atoms with Gasteiger partial charge >= 0.3 is 0 Å². The lowest BCUT2D eigenvalue weighted by Crippen LogP contribution is -2.39. The van der Waals surface area contributed by atoms with E-state index in [0.717, 1.165) is 12.8 Å². The van der Waals surface area contributed by atoms with Gasteiger partial charge in [-0.2, -0.15) is 5.26 Å². The Hall–Kier alpha value is -1.81. The molecule has 0 unspecified atom stereocenters. The van der Waals surface area contributed by atoms with Gasteiger partial charge < -0.3 is 9.88 Å². The molecule has 1 aromatic rings. The van der Waals surface area contributed by atoms with Crippen molar-refractivity contribution < 1.29 is 4.79 Å². The van der Waals surface area contributed by atoms with Crippen LogP contribution in [0, 0.1) is 11.3 Å². The Balaban J connectivity index is 2.00. The molecule has 0 bridgehead atoms. The highest BCUT2D eigenvalue weighted by molar-refractivity contribution is 7.99. The van der Waals surface area contributed by atoms with Crippen molar-refractivity contribution in [3.05, 3.63) is 21.6 Å². The molecule has 0 aromatic carbocycles. The van der Waals surface area contributed by atoms with E-state index < -0.39 is 5.56 Å². The zero-order valence-electron chi connectivity index (χ0n) is 13.6. The molecule has 0 spiro atoms. The zero-order chi connectivity index (χ0) is 16.8. The van der Waals surface area contributed by atoms with Crippen molar-refractivity contribution in [1.29, 1.82) is 5.26 Å². The molecule has 7 heteroatoms. The van der Waals surface area contributed by atoms with Gasteiger partial charge in [-0.25, -0.2) is 4.98 Å². The number of nitrogens with zero attached hydrogens (tertiary/aromatic N) is 3. The van der Waals surface area contributed by atoms with Crippen LogP contribution < -0.4 is 5.56 Å². The molecule has 23 heavy (non-hydrogen) atoms. The van der Waals surface area contributed by atoms with E-state index in [-0.39, 0.29) is 17.2 Å². The first kappa shape index (κ1) is 17.5. The number of carbonyl (C=O) groups is 1. The molecule has 0 aliphatic heterocycles. The molecule has 0 atom stereocenters. The Morgan fingerprint density at radius 1 is 1.43 bits per heavy atom. The Kier molecular flexibility index (Phi) is 6.22. The molecule has 1 aromatic heterocycles.